The van der Waals surface area contributed by atoms with E-state index in [1.54, 1.807) is 0 Å². The third-order valence-corrected chi connectivity index (χ3v) is 1.63. The summed E-state index contributed by atoms with van der Waals surface area (Å²) in [6, 6.07) is 0. The molecular weight excluding hydrogens is 133 g/mol. The number of hydrogen-bond acceptors (Lipinski definition) is 2. The minimum Gasteiger partial charge on any atom is -0.396 e. The molecule has 0 aromatic rings. The van der Waals surface area contributed by atoms with Gasteiger partial charge in [0.05, 0.1) is 0 Å². The van der Waals surface area contributed by atoms with E-state index in [1.807, 2.05) is 0 Å². The van der Waals surface area contributed by atoms with Gasteiger partial charge in [-0.3, -0.25) is 4.67 Å². The van der Waals surface area contributed by atoms with Crippen molar-refractivity contribution in [1.29, 1.82) is 0 Å². The summed E-state index contributed by atoms with van der Waals surface area (Å²) in [7, 11) is 2.65. The first-order valence-corrected chi connectivity index (χ1v) is 3.93. The molecule has 0 aliphatic rings. The molecule has 1 atom stereocenters. The summed E-state index contributed by atoms with van der Waals surface area (Å²) in [5.41, 5.74) is 0. The van der Waals surface area contributed by atoms with Crippen LogP contribution < -0.4 is 0 Å². The summed E-state index contributed by atoms with van der Waals surface area (Å²) in [5, 5.41) is 8.45. The summed E-state index contributed by atoms with van der Waals surface area (Å²) in [6.45, 7) is 4.53. The maximum absolute atomic E-state index is 8.45. The molecule has 0 amide bonds. The van der Waals surface area contributed by atoms with E-state index in [4.69, 9.17) is 5.11 Å². The van der Waals surface area contributed by atoms with Gasteiger partial charge >= 0.3 is 0 Å². The topological polar surface area (TPSA) is 23.5 Å². The average Bonchev–Trinajstić information content (AvgIpc) is 1.85. The molecule has 0 aliphatic heterocycles. The SMILES string of the molecule is CCCN(P)CCCO. The number of aliphatic hydroxyl groups is 1. The van der Waals surface area contributed by atoms with E-state index in [0.717, 1.165) is 19.5 Å². The number of rotatable bonds is 5. The van der Waals surface area contributed by atoms with E-state index >= 15 is 0 Å². The standard InChI is InChI=1S/C6H16NOP/c1-2-4-7(9)5-3-6-8/h8H,2-6,9H2,1H3. The second-order valence-electron chi connectivity index (χ2n) is 2.11. The van der Waals surface area contributed by atoms with Crippen LogP contribution in [0.2, 0.25) is 0 Å². The van der Waals surface area contributed by atoms with Crippen molar-refractivity contribution >= 4 is 9.39 Å². The number of hydrogen-bond donors (Lipinski definition) is 1. The maximum Gasteiger partial charge on any atom is 0.0443 e. The molecule has 0 aromatic heterocycles. The van der Waals surface area contributed by atoms with E-state index < -0.39 is 0 Å². The summed E-state index contributed by atoms with van der Waals surface area (Å²) in [4.78, 5) is 0. The Hall–Kier alpha value is 0.350. The quantitative estimate of drug-likeness (QED) is 0.586. The molecule has 0 saturated heterocycles. The first kappa shape index (κ1) is 9.35. The Morgan fingerprint density at radius 3 is 2.56 bits per heavy atom. The minimum atomic E-state index is 0.300. The van der Waals surface area contributed by atoms with Crippen molar-refractivity contribution in [2.45, 2.75) is 19.8 Å². The molecule has 0 aromatic carbocycles. The Bertz CT molecular complexity index is 61.0. The van der Waals surface area contributed by atoms with Crippen LogP contribution in [0.3, 0.4) is 0 Å². The molecule has 0 spiro atoms. The molecule has 0 heterocycles. The third-order valence-electron chi connectivity index (χ3n) is 1.11. The Morgan fingerprint density at radius 1 is 1.44 bits per heavy atom. The summed E-state index contributed by atoms with van der Waals surface area (Å²) in [6.07, 6.45) is 2.05. The molecule has 2 nitrogen and oxygen atoms in total. The zero-order valence-electron chi connectivity index (χ0n) is 6.01. The van der Waals surface area contributed by atoms with Crippen molar-refractivity contribution in [1.82, 2.24) is 4.67 Å². The van der Waals surface area contributed by atoms with Crippen LogP contribution >= 0.6 is 9.39 Å². The van der Waals surface area contributed by atoms with Gasteiger partial charge < -0.3 is 5.11 Å². The van der Waals surface area contributed by atoms with Crippen LogP contribution in [-0.4, -0.2) is 29.5 Å². The van der Waals surface area contributed by atoms with Crippen LogP contribution in [0.5, 0.6) is 0 Å². The van der Waals surface area contributed by atoms with Gasteiger partial charge in [0.2, 0.25) is 0 Å². The van der Waals surface area contributed by atoms with E-state index in [-0.39, 0.29) is 0 Å². The highest BCUT2D eigenvalue weighted by Crippen LogP contribution is 1.99. The van der Waals surface area contributed by atoms with Crippen molar-refractivity contribution in [3.63, 3.8) is 0 Å². The van der Waals surface area contributed by atoms with Gasteiger partial charge in [-0.2, -0.15) is 0 Å². The predicted molar refractivity (Wildman–Crippen MR) is 43.3 cm³/mol. The van der Waals surface area contributed by atoms with E-state index in [9.17, 15) is 0 Å². The van der Waals surface area contributed by atoms with Crippen molar-refractivity contribution in [2.24, 2.45) is 0 Å². The van der Waals surface area contributed by atoms with Gasteiger partial charge in [0, 0.05) is 19.7 Å². The summed E-state index contributed by atoms with van der Waals surface area (Å²) >= 11 is 0. The van der Waals surface area contributed by atoms with Gasteiger partial charge in [-0.05, 0) is 12.8 Å². The fourth-order valence-corrected chi connectivity index (χ4v) is 1.11. The van der Waals surface area contributed by atoms with Gasteiger partial charge in [0.25, 0.3) is 0 Å². The lowest BCUT2D eigenvalue weighted by molar-refractivity contribution is 0.273. The smallest absolute Gasteiger partial charge is 0.0443 e. The molecule has 0 saturated carbocycles. The Morgan fingerprint density at radius 2 is 2.11 bits per heavy atom. The first-order chi connectivity index (χ1) is 4.31. The molecular formula is C6H16NOP. The Kier molecular flexibility index (Phi) is 6.72. The van der Waals surface area contributed by atoms with Crippen LogP contribution in [0.1, 0.15) is 19.8 Å². The Balaban J connectivity index is 2.95. The Labute approximate surface area is 59.5 Å². The fourth-order valence-electron chi connectivity index (χ4n) is 0.673. The van der Waals surface area contributed by atoms with Crippen LogP contribution in [0.25, 0.3) is 0 Å². The zero-order chi connectivity index (χ0) is 7.11. The van der Waals surface area contributed by atoms with Crippen LogP contribution in [0.15, 0.2) is 0 Å². The highest BCUT2D eigenvalue weighted by Gasteiger charge is 1.93. The van der Waals surface area contributed by atoms with Crippen LogP contribution in [-0.2, 0) is 0 Å². The molecule has 1 N–H and O–H groups in total. The largest absolute Gasteiger partial charge is 0.396 e. The van der Waals surface area contributed by atoms with E-state index in [2.05, 4.69) is 21.0 Å². The van der Waals surface area contributed by atoms with Gasteiger partial charge in [-0.15, -0.1) is 0 Å². The zero-order valence-corrected chi connectivity index (χ0v) is 7.16. The highest BCUT2D eigenvalue weighted by molar-refractivity contribution is 7.13. The molecule has 0 bridgehead atoms. The average molecular weight is 149 g/mol. The molecule has 3 heteroatoms. The number of nitrogens with zero attached hydrogens (tertiary/aromatic N) is 1. The normalized spacial score (nSPS) is 10.7. The first-order valence-electron chi connectivity index (χ1n) is 3.41. The summed E-state index contributed by atoms with van der Waals surface area (Å²) in [5.74, 6) is 0. The van der Waals surface area contributed by atoms with Gasteiger partial charge in [0.15, 0.2) is 0 Å². The predicted octanol–water partition coefficient (Wildman–Crippen LogP) is 0.871. The van der Waals surface area contributed by atoms with E-state index in [0.29, 0.717) is 6.61 Å². The second kappa shape index (κ2) is 6.47. The number of aliphatic hydroxyl groups excluding tert-OH is 1. The van der Waals surface area contributed by atoms with Crippen LogP contribution in [0.4, 0.5) is 0 Å². The van der Waals surface area contributed by atoms with Gasteiger partial charge in [0.1, 0.15) is 0 Å². The molecule has 56 valence electrons. The summed E-state index contributed by atoms with van der Waals surface area (Å²) < 4.78 is 2.15. The van der Waals surface area contributed by atoms with Crippen LogP contribution in [0, 0.1) is 0 Å². The van der Waals surface area contributed by atoms with Crippen molar-refractivity contribution in [2.75, 3.05) is 19.7 Å². The maximum atomic E-state index is 8.45. The minimum absolute atomic E-state index is 0.300. The highest BCUT2D eigenvalue weighted by atomic mass is 31.0. The molecule has 0 fully saturated rings. The lowest BCUT2D eigenvalue weighted by Crippen LogP contribution is -2.14. The molecule has 1 unspecified atom stereocenters. The van der Waals surface area contributed by atoms with Crippen molar-refractivity contribution < 1.29 is 5.11 Å². The molecule has 0 radical (unpaired) electrons. The fraction of sp³-hybridized carbons (Fsp3) is 1.00. The van der Waals surface area contributed by atoms with Crippen molar-refractivity contribution in [3.8, 4) is 0 Å². The van der Waals surface area contributed by atoms with Gasteiger partial charge in [-0.25, -0.2) is 0 Å². The third kappa shape index (κ3) is 6.23. The van der Waals surface area contributed by atoms with E-state index in [1.165, 1.54) is 6.42 Å². The van der Waals surface area contributed by atoms with Gasteiger partial charge in [-0.1, -0.05) is 16.3 Å². The molecule has 0 aliphatic carbocycles. The lowest BCUT2D eigenvalue weighted by Gasteiger charge is -2.13. The monoisotopic (exact) mass is 149 g/mol. The second-order valence-corrected chi connectivity index (χ2v) is 2.84. The molecule has 9 heavy (non-hydrogen) atoms. The lowest BCUT2D eigenvalue weighted by atomic mass is 10.4. The van der Waals surface area contributed by atoms with Crippen molar-refractivity contribution in [3.05, 3.63) is 0 Å². The molecule has 0 rings (SSSR count).